The molecule has 2 heteroatoms. The Labute approximate surface area is 82.8 Å². The maximum Gasteiger partial charge on any atom is 0.104 e. The average molecular weight is 195 g/mol. The molecule has 0 saturated carbocycles. The van der Waals surface area contributed by atoms with Crippen molar-refractivity contribution >= 4 is 13.6 Å². The normalized spacial score (nSPS) is 11.2. The largest absolute Gasteiger partial charge is 0.146 e. The zero-order chi connectivity index (χ0) is 9.52. The van der Waals surface area contributed by atoms with Gasteiger partial charge in [-0.05, 0) is 24.2 Å². The number of nitrogens with zero attached hydrogens (tertiary/aromatic N) is 1. The lowest BCUT2D eigenvalue weighted by molar-refractivity contribution is 0.633. The molecule has 0 N–H and O–H groups in total. The minimum atomic E-state index is 0.530. The van der Waals surface area contributed by atoms with Gasteiger partial charge >= 0.3 is 0 Å². The van der Waals surface area contributed by atoms with Crippen LogP contribution in [0.25, 0.3) is 0 Å². The third-order valence-electron chi connectivity index (χ3n) is 2.36. The van der Waals surface area contributed by atoms with Crippen molar-refractivity contribution in [3.05, 3.63) is 17.4 Å². The second-order valence-electron chi connectivity index (χ2n) is 3.52. The molecule has 0 saturated heterocycles. The summed E-state index contributed by atoms with van der Waals surface area (Å²) in [6.45, 7) is 2.23. The van der Waals surface area contributed by atoms with E-state index in [0.29, 0.717) is 13.6 Å². The summed E-state index contributed by atoms with van der Waals surface area (Å²) in [5.41, 5.74) is 11.2. The Hall–Kier alpha value is -0.420. The molecule has 0 aromatic carbocycles. The fraction of sp³-hybridized carbons (Fsp3) is 0.636. The van der Waals surface area contributed by atoms with Gasteiger partial charge in [0.15, 0.2) is 0 Å². The van der Waals surface area contributed by atoms with E-state index in [2.05, 4.69) is 18.8 Å². The van der Waals surface area contributed by atoms with Gasteiger partial charge in [-0.25, -0.2) is 0 Å². The molecule has 2 radical (unpaired) electrons. The molecular formula is C11H18NP. The molecule has 0 amide bonds. The molecule has 1 atom stereocenters. The van der Waals surface area contributed by atoms with Gasteiger partial charge in [-0.1, -0.05) is 38.7 Å². The van der Waals surface area contributed by atoms with Gasteiger partial charge in [0, 0.05) is 0 Å². The molecular weight excluding hydrogens is 177 g/mol. The smallest absolute Gasteiger partial charge is 0.104 e. The molecule has 0 aliphatic carbocycles. The van der Waals surface area contributed by atoms with Crippen LogP contribution < -0.4 is 5.73 Å². The molecule has 1 nitrogen and oxygen atoms in total. The lowest BCUT2D eigenvalue weighted by Crippen LogP contribution is -1.84. The first-order chi connectivity index (χ1) is 6.34. The van der Waals surface area contributed by atoms with Gasteiger partial charge in [0.2, 0.25) is 0 Å². The predicted molar refractivity (Wildman–Crippen MR) is 60.2 cm³/mol. The molecule has 1 rings (SSSR count). The van der Waals surface area contributed by atoms with Crippen molar-refractivity contribution < 1.29 is 0 Å². The zero-order valence-corrected chi connectivity index (χ0v) is 9.34. The summed E-state index contributed by atoms with van der Waals surface area (Å²) in [5, 5.41) is 0. The van der Waals surface area contributed by atoms with E-state index < -0.39 is 0 Å². The molecule has 1 heterocycles. The van der Waals surface area contributed by atoms with E-state index in [1.165, 1.54) is 37.7 Å². The molecule has 13 heavy (non-hydrogen) atoms. The van der Waals surface area contributed by atoms with Crippen LogP contribution in [-0.4, -0.2) is 0 Å². The lowest BCUT2D eigenvalue weighted by atomic mass is 10.1. The molecule has 1 aromatic heterocycles. The highest BCUT2D eigenvalue weighted by Gasteiger charge is 1.99. The molecule has 0 bridgehead atoms. The lowest BCUT2D eigenvalue weighted by Gasteiger charge is -1.99. The van der Waals surface area contributed by atoms with Gasteiger partial charge in [-0.2, -0.15) is 0 Å². The van der Waals surface area contributed by atoms with Gasteiger partial charge in [-0.15, -0.1) is 13.9 Å². The molecule has 0 spiro atoms. The summed E-state index contributed by atoms with van der Waals surface area (Å²) in [7, 11) is 0.530. The summed E-state index contributed by atoms with van der Waals surface area (Å²) in [4.78, 5) is 0. The van der Waals surface area contributed by atoms with Crippen molar-refractivity contribution in [1.29, 1.82) is 0 Å². The first kappa shape index (κ1) is 10.7. The third-order valence-corrected chi connectivity index (χ3v) is 3.29. The van der Waals surface area contributed by atoms with Crippen LogP contribution in [0.15, 0.2) is 11.9 Å². The Morgan fingerprint density at radius 1 is 1.23 bits per heavy atom. The van der Waals surface area contributed by atoms with Gasteiger partial charge in [0.1, 0.15) is 5.42 Å². The van der Waals surface area contributed by atoms with Gasteiger partial charge in [0.05, 0.1) is 0 Å². The minimum absolute atomic E-state index is 0.530. The highest BCUT2D eigenvalue weighted by molar-refractivity contribution is 7.33. The van der Waals surface area contributed by atoms with Crippen molar-refractivity contribution in [2.24, 2.45) is 0 Å². The first-order valence-corrected chi connectivity index (χ1v) is 6.27. The van der Waals surface area contributed by atoms with E-state index in [0.717, 1.165) is 6.42 Å². The van der Waals surface area contributed by atoms with E-state index >= 15 is 0 Å². The molecule has 0 aliphatic rings. The Morgan fingerprint density at radius 3 is 2.62 bits per heavy atom. The molecule has 0 aliphatic heterocycles. The maximum absolute atomic E-state index is 9.42. The summed E-state index contributed by atoms with van der Waals surface area (Å²) in [5.74, 6) is 2.07. The number of rotatable bonds is 6. The molecule has 72 valence electrons. The maximum atomic E-state index is 9.42. The zero-order valence-electron chi connectivity index (χ0n) is 8.34. The minimum Gasteiger partial charge on any atom is -0.146 e. The molecule has 1 aromatic rings. The van der Waals surface area contributed by atoms with Crippen LogP contribution >= 0.6 is 8.19 Å². The molecule has 0 fully saturated rings. The van der Waals surface area contributed by atoms with Gasteiger partial charge in [0.25, 0.3) is 0 Å². The quantitative estimate of drug-likeness (QED) is 0.614. The third kappa shape index (κ3) is 3.87. The van der Waals surface area contributed by atoms with Crippen molar-refractivity contribution in [3.63, 3.8) is 0 Å². The topological polar surface area (TPSA) is 22.3 Å². The fourth-order valence-corrected chi connectivity index (χ4v) is 2.35. The fourth-order valence-electron chi connectivity index (χ4n) is 1.51. The van der Waals surface area contributed by atoms with E-state index in [1.807, 2.05) is 0 Å². The van der Waals surface area contributed by atoms with Crippen LogP contribution in [0.1, 0.15) is 44.6 Å². The number of hydrogen-bond donors (Lipinski definition) is 0. The van der Waals surface area contributed by atoms with Crippen molar-refractivity contribution in [1.82, 2.24) is 5.73 Å². The Kier molecular flexibility index (Phi) is 5.00. The Balaban J connectivity index is 2.10. The van der Waals surface area contributed by atoms with Crippen LogP contribution in [0.2, 0.25) is 0 Å². The first-order valence-electron chi connectivity index (χ1n) is 5.19. The van der Waals surface area contributed by atoms with Crippen LogP contribution in [0, 0.1) is 0 Å². The van der Waals surface area contributed by atoms with Gasteiger partial charge in [-0.3, -0.25) is 0 Å². The Bertz CT molecular complexity index is 230. The second kappa shape index (κ2) is 6.10. The predicted octanol–water partition coefficient (Wildman–Crippen LogP) is 3.93. The van der Waals surface area contributed by atoms with E-state index in [9.17, 15) is 5.73 Å². The van der Waals surface area contributed by atoms with E-state index in [-0.39, 0.29) is 0 Å². The van der Waals surface area contributed by atoms with E-state index in [1.54, 1.807) is 0 Å². The number of aryl methyl sites for hydroxylation is 1. The average Bonchev–Trinajstić information content (AvgIpc) is 2.52. The monoisotopic (exact) mass is 195 g/mol. The second-order valence-corrected chi connectivity index (χ2v) is 4.61. The Morgan fingerprint density at radius 2 is 2.00 bits per heavy atom. The summed E-state index contributed by atoms with van der Waals surface area (Å²) in [6, 6.07) is 2.08. The highest BCUT2D eigenvalue weighted by Crippen LogP contribution is 2.27. The van der Waals surface area contributed by atoms with E-state index in [4.69, 9.17) is 0 Å². The highest BCUT2D eigenvalue weighted by atomic mass is 31.0. The SMILES string of the molecule is CCCCCCCc1cc[pH]c1[N]. The van der Waals surface area contributed by atoms with Crippen molar-refractivity contribution in [2.45, 2.75) is 45.4 Å². The van der Waals surface area contributed by atoms with Crippen LogP contribution in [-0.2, 0) is 6.42 Å². The van der Waals surface area contributed by atoms with Gasteiger partial charge < -0.3 is 0 Å². The van der Waals surface area contributed by atoms with Crippen molar-refractivity contribution in [3.8, 4) is 0 Å². The van der Waals surface area contributed by atoms with Crippen molar-refractivity contribution in [2.75, 3.05) is 0 Å². The van der Waals surface area contributed by atoms with Crippen LogP contribution in [0.5, 0.6) is 0 Å². The summed E-state index contributed by atoms with van der Waals surface area (Å²) < 4.78 is 0. The number of hydrogen-bond acceptors (Lipinski definition) is 0. The van der Waals surface area contributed by atoms with Crippen LogP contribution in [0.3, 0.4) is 0 Å². The van der Waals surface area contributed by atoms with Crippen LogP contribution in [0.4, 0.5) is 5.42 Å². The summed E-state index contributed by atoms with van der Waals surface area (Å²) >= 11 is 0. The number of unbranched alkanes of at least 4 members (excludes halogenated alkanes) is 4. The summed E-state index contributed by atoms with van der Waals surface area (Å²) in [6.07, 6.45) is 7.60. The molecule has 1 unspecified atom stereocenters. The standard InChI is InChI=1S/C11H18NP/c1-2-3-4-5-6-7-10-8-9-13-11(10)12/h8-9,13H,2-7H2,1H3.